The van der Waals surface area contributed by atoms with Crippen LogP contribution in [0.25, 0.3) is 0 Å². The maximum Gasteiger partial charge on any atom is 0.511 e. The molecule has 31 heavy (non-hydrogen) atoms. The van der Waals surface area contributed by atoms with Crippen LogP contribution in [0.15, 0.2) is 12.7 Å². The zero-order chi connectivity index (χ0) is 22.6. The van der Waals surface area contributed by atoms with Crippen molar-refractivity contribution < 1.29 is 33.3 Å². The molecular weight excluding hydrogens is 400 g/mol. The monoisotopic (exact) mass is 434 g/mol. The molecule has 4 aliphatic carbocycles. The van der Waals surface area contributed by atoms with Crippen molar-refractivity contribution in [3.63, 3.8) is 0 Å². The van der Waals surface area contributed by atoms with Crippen molar-refractivity contribution in [2.24, 2.45) is 40.4 Å². The van der Waals surface area contributed by atoms with Crippen LogP contribution in [0.2, 0.25) is 0 Å². The number of rotatable bonds is 7. The SMILES string of the molecule is C=CCOC(=O)C1C2CCC(C(=O)OC(C)OC(=O)O[C@H]3C[C@H]4CC[C@]3(C)C4(C)C)C21. The summed E-state index contributed by atoms with van der Waals surface area (Å²) in [6, 6.07) is 0. The topological polar surface area (TPSA) is 88.1 Å². The van der Waals surface area contributed by atoms with Crippen LogP contribution < -0.4 is 0 Å². The molecule has 0 spiro atoms. The Morgan fingerprint density at radius 2 is 1.84 bits per heavy atom. The largest absolute Gasteiger partial charge is 0.511 e. The number of hydrogen-bond donors (Lipinski definition) is 0. The zero-order valence-electron chi connectivity index (χ0n) is 18.9. The smallest absolute Gasteiger partial charge is 0.461 e. The van der Waals surface area contributed by atoms with Gasteiger partial charge in [0.25, 0.3) is 0 Å². The van der Waals surface area contributed by atoms with Crippen LogP contribution in [0, 0.1) is 40.4 Å². The van der Waals surface area contributed by atoms with Gasteiger partial charge in [-0.05, 0) is 55.3 Å². The molecule has 4 fully saturated rings. The first-order valence-corrected chi connectivity index (χ1v) is 11.5. The van der Waals surface area contributed by atoms with Gasteiger partial charge in [0.05, 0.1) is 11.8 Å². The Kier molecular flexibility index (Phi) is 5.59. The fraction of sp³-hybridized carbons (Fsp3) is 0.792. The molecule has 4 rings (SSSR count). The normalized spacial score (nSPS) is 39.9. The Balaban J connectivity index is 1.24. The third-order valence-electron chi connectivity index (χ3n) is 8.92. The predicted octanol–water partition coefficient (Wildman–Crippen LogP) is 4.25. The molecular formula is C24H34O7. The van der Waals surface area contributed by atoms with Gasteiger partial charge in [-0.1, -0.05) is 33.4 Å². The van der Waals surface area contributed by atoms with E-state index in [-0.39, 0.29) is 53.2 Å². The number of esters is 2. The molecule has 8 atom stereocenters. The van der Waals surface area contributed by atoms with Crippen LogP contribution in [0.4, 0.5) is 4.79 Å². The fourth-order valence-corrected chi connectivity index (χ4v) is 6.59. The van der Waals surface area contributed by atoms with Crippen molar-refractivity contribution in [3.8, 4) is 0 Å². The molecule has 0 aromatic rings. The van der Waals surface area contributed by atoms with Crippen molar-refractivity contribution >= 4 is 18.1 Å². The van der Waals surface area contributed by atoms with Gasteiger partial charge in [-0.25, -0.2) is 4.79 Å². The van der Waals surface area contributed by atoms with E-state index in [0.29, 0.717) is 12.3 Å². The fourth-order valence-electron chi connectivity index (χ4n) is 6.59. The van der Waals surface area contributed by atoms with Crippen molar-refractivity contribution in [1.82, 2.24) is 0 Å². The van der Waals surface area contributed by atoms with Gasteiger partial charge in [0, 0.05) is 12.3 Å². The Morgan fingerprint density at radius 3 is 2.45 bits per heavy atom. The molecule has 7 heteroatoms. The van der Waals surface area contributed by atoms with Gasteiger partial charge in [0.1, 0.15) is 12.7 Å². The van der Waals surface area contributed by atoms with Crippen LogP contribution in [-0.2, 0) is 28.5 Å². The Bertz CT molecular complexity index is 774. The van der Waals surface area contributed by atoms with E-state index in [1.54, 1.807) is 0 Å². The molecule has 2 bridgehead atoms. The van der Waals surface area contributed by atoms with Crippen LogP contribution >= 0.6 is 0 Å². The first-order chi connectivity index (χ1) is 14.6. The predicted molar refractivity (Wildman–Crippen MR) is 110 cm³/mol. The highest BCUT2D eigenvalue weighted by Gasteiger charge is 2.65. The second kappa shape index (κ2) is 7.82. The van der Waals surface area contributed by atoms with E-state index in [4.69, 9.17) is 18.9 Å². The summed E-state index contributed by atoms with van der Waals surface area (Å²) in [5.41, 5.74) is 0.0688. The van der Waals surface area contributed by atoms with Crippen LogP contribution in [0.3, 0.4) is 0 Å². The summed E-state index contributed by atoms with van der Waals surface area (Å²) in [5, 5.41) is 0. The molecule has 0 N–H and O–H groups in total. The Morgan fingerprint density at radius 1 is 1.10 bits per heavy atom. The van der Waals surface area contributed by atoms with Gasteiger partial charge in [0.2, 0.25) is 6.29 Å². The number of ether oxygens (including phenoxy) is 4. The van der Waals surface area contributed by atoms with E-state index in [1.165, 1.54) is 13.0 Å². The van der Waals surface area contributed by atoms with E-state index in [0.717, 1.165) is 25.7 Å². The van der Waals surface area contributed by atoms with Crippen LogP contribution in [0.5, 0.6) is 0 Å². The average molecular weight is 435 g/mol. The lowest BCUT2D eigenvalue weighted by Gasteiger charge is -2.38. The van der Waals surface area contributed by atoms with Crippen molar-refractivity contribution in [2.45, 2.75) is 72.2 Å². The molecule has 0 aliphatic heterocycles. The van der Waals surface area contributed by atoms with Crippen LogP contribution in [0.1, 0.15) is 59.8 Å². The van der Waals surface area contributed by atoms with E-state index in [1.807, 2.05) is 0 Å². The van der Waals surface area contributed by atoms with E-state index >= 15 is 0 Å². The summed E-state index contributed by atoms with van der Waals surface area (Å²) in [6.45, 7) is 11.9. The molecule has 0 heterocycles. The average Bonchev–Trinajstić information content (AvgIpc) is 3.08. The molecule has 0 amide bonds. The third-order valence-corrected chi connectivity index (χ3v) is 8.92. The van der Waals surface area contributed by atoms with Crippen LogP contribution in [-0.4, -0.2) is 37.1 Å². The number of carbonyl (C=O) groups is 3. The highest BCUT2D eigenvalue weighted by molar-refractivity contribution is 5.81. The summed E-state index contributed by atoms with van der Waals surface area (Å²) in [7, 11) is 0. The van der Waals surface area contributed by atoms with E-state index in [9.17, 15) is 14.4 Å². The Labute approximate surface area is 183 Å². The third kappa shape index (κ3) is 3.64. The lowest BCUT2D eigenvalue weighted by Crippen LogP contribution is -2.39. The number of fused-ring (bicyclic) bond motifs is 3. The first-order valence-electron chi connectivity index (χ1n) is 11.5. The molecule has 0 saturated heterocycles. The van der Waals surface area contributed by atoms with E-state index in [2.05, 4.69) is 27.4 Å². The van der Waals surface area contributed by atoms with Gasteiger partial charge in [-0.3, -0.25) is 9.59 Å². The van der Waals surface area contributed by atoms with Gasteiger partial charge in [-0.2, -0.15) is 0 Å². The molecule has 7 nitrogen and oxygen atoms in total. The van der Waals surface area contributed by atoms with Crippen molar-refractivity contribution in [3.05, 3.63) is 12.7 Å². The minimum atomic E-state index is -1.04. The second-order valence-electron chi connectivity index (χ2n) is 10.5. The van der Waals surface area contributed by atoms with Gasteiger partial charge < -0.3 is 18.9 Å². The molecule has 0 aromatic heterocycles. The summed E-state index contributed by atoms with van der Waals surface area (Å²) in [6.07, 6.45) is 4.03. The molecule has 172 valence electrons. The molecule has 5 unspecified atom stereocenters. The molecule has 0 radical (unpaired) electrons. The van der Waals surface area contributed by atoms with E-state index < -0.39 is 18.4 Å². The Hall–Kier alpha value is -2.05. The maximum absolute atomic E-state index is 12.6. The first kappa shape index (κ1) is 22.2. The van der Waals surface area contributed by atoms with Gasteiger partial charge in [0.15, 0.2) is 0 Å². The zero-order valence-corrected chi connectivity index (χ0v) is 18.9. The molecule has 4 aliphatic rings. The quantitative estimate of drug-likeness (QED) is 0.256. The summed E-state index contributed by atoms with van der Waals surface area (Å²) >= 11 is 0. The highest BCUT2D eigenvalue weighted by atomic mass is 16.8. The second-order valence-corrected chi connectivity index (χ2v) is 10.5. The minimum Gasteiger partial charge on any atom is -0.461 e. The summed E-state index contributed by atoms with van der Waals surface area (Å²) in [5.74, 6) is -0.626. The molecule has 0 aromatic carbocycles. The van der Waals surface area contributed by atoms with Gasteiger partial charge in [-0.15, -0.1) is 0 Å². The van der Waals surface area contributed by atoms with Gasteiger partial charge >= 0.3 is 18.1 Å². The summed E-state index contributed by atoms with van der Waals surface area (Å²) in [4.78, 5) is 37.1. The lowest BCUT2D eigenvalue weighted by molar-refractivity contribution is -0.175. The highest BCUT2D eigenvalue weighted by Crippen LogP contribution is 2.66. The van der Waals surface area contributed by atoms with Crippen molar-refractivity contribution in [1.29, 1.82) is 0 Å². The van der Waals surface area contributed by atoms with Crippen molar-refractivity contribution in [2.75, 3.05) is 6.61 Å². The lowest BCUT2D eigenvalue weighted by atomic mass is 9.70. The minimum absolute atomic E-state index is 0.0415. The number of carbonyl (C=O) groups excluding carboxylic acids is 3. The molecule has 4 saturated carbocycles. The standard InChI is InChI=1S/C24H34O7/c1-6-11-28-21(26)19-15-7-8-16(18(15)19)20(25)29-13(2)30-22(27)31-17-12-14-9-10-24(17,5)23(14,3)4/h6,13-19H,1,7-12H2,2-5H3/t13?,14-,15?,16?,17+,18?,19?,24+/m1/s1. The maximum atomic E-state index is 12.6. The number of hydrogen-bond acceptors (Lipinski definition) is 7. The summed E-state index contributed by atoms with van der Waals surface area (Å²) < 4.78 is 21.4.